The van der Waals surface area contributed by atoms with Crippen LogP contribution in [0.2, 0.25) is 0 Å². The minimum Gasteiger partial charge on any atom is -0.459 e. The molecule has 0 aliphatic rings. The number of rotatable bonds is 7. The Labute approximate surface area is 177 Å². The molecule has 1 heterocycles. The largest absolute Gasteiger partial charge is 0.459 e. The molecule has 29 heavy (non-hydrogen) atoms. The second kappa shape index (κ2) is 9.17. The summed E-state index contributed by atoms with van der Waals surface area (Å²) < 4.78 is 33.3. The Morgan fingerprint density at radius 3 is 2.45 bits per heavy atom. The normalized spacial score (nSPS) is 11.7. The van der Waals surface area contributed by atoms with E-state index >= 15 is 0 Å². The predicted octanol–water partition coefficient (Wildman–Crippen LogP) is 3.59. The van der Waals surface area contributed by atoms with Crippen LogP contribution in [0, 0.1) is 6.92 Å². The van der Waals surface area contributed by atoms with E-state index in [4.69, 9.17) is 4.42 Å². The Kier molecular flexibility index (Phi) is 6.63. The van der Waals surface area contributed by atoms with Gasteiger partial charge in [0.05, 0.1) is 17.7 Å². The summed E-state index contributed by atoms with van der Waals surface area (Å²) in [7, 11) is -3.65. The van der Waals surface area contributed by atoms with Gasteiger partial charge in [0.2, 0.25) is 10.0 Å². The number of nitrogens with zero attached hydrogens (tertiary/aromatic N) is 1. The maximum absolute atomic E-state index is 12.3. The maximum atomic E-state index is 12.3. The van der Waals surface area contributed by atoms with Crippen molar-refractivity contribution in [3.8, 4) is 0 Å². The van der Waals surface area contributed by atoms with E-state index in [1.165, 1.54) is 18.3 Å². The molecule has 3 aromatic rings. The lowest BCUT2D eigenvalue weighted by atomic mass is 10.1. The van der Waals surface area contributed by atoms with Crippen molar-refractivity contribution < 1.29 is 17.6 Å². The van der Waals surface area contributed by atoms with Gasteiger partial charge in [-0.3, -0.25) is 4.79 Å². The Morgan fingerprint density at radius 2 is 1.76 bits per heavy atom. The molecule has 0 unspecified atom stereocenters. The Bertz CT molecular complexity index is 1120. The number of hydrogen-bond acceptors (Lipinski definition) is 5. The van der Waals surface area contributed by atoms with Gasteiger partial charge in [-0.1, -0.05) is 33.6 Å². The second-order valence-electron chi connectivity index (χ2n) is 6.15. The Balaban J connectivity index is 1.55. The van der Waals surface area contributed by atoms with Crippen molar-refractivity contribution in [2.45, 2.75) is 18.4 Å². The van der Waals surface area contributed by atoms with Crippen LogP contribution in [-0.2, 0) is 16.6 Å². The summed E-state index contributed by atoms with van der Waals surface area (Å²) in [6.45, 7) is 1.93. The average Bonchev–Trinajstić information content (AvgIpc) is 3.15. The standard InChI is InChI=1S/C20H18BrN3O4S/c1-14-2-4-15(5-3-14)20(25)24-22-12-17-8-9-18(28-17)13-23-29(26,27)19-10-6-16(21)7-11-19/h2-12,23H,13H2,1H3,(H,24,25)/b22-12-. The summed E-state index contributed by atoms with van der Waals surface area (Å²) in [5, 5.41) is 3.86. The summed E-state index contributed by atoms with van der Waals surface area (Å²) >= 11 is 3.27. The van der Waals surface area contributed by atoms with E-state index in [1.807, 2.05) is 19.1 Å². The van der Waals surface area contributed by atoms with Crippen LogP contribution in [0.1, 0.15) is 27.4 Å². The van der Waals surface area contributed by atoms with Gasteiger partial charge in [-0.25, -0.2) is 18.6 Å². The summed E-state index contributed by atoms with van der Waals surface area (Å²) in [5.41, 5.74) is 3.97. The van der Waals surface area contributed by atoms with Gasteiger partial charge in [-0.05, 0) is 55.5 Å². The van der Waals surface area contributed by atoms with Crippen LogP contribution in [0.3, 0.4) is 0 Å². The lowest BCUT2D eigenvalue weighted by Crippen LogP contribution is -2.22. The van der Waals surface area contributed by atoms with Crippen LogP contribution in [0.15, 0.2) is 79.6 Å². The molecule has 2 aromatic carbocycles. The Morgan fingerprint density at radius 1 is 1.07 bits per heavy atom. The summed E-state index contributed by atoms with van der Waals surface area (Å²) in [4.78, 5) is 12.1. The fourth-order valence-electron chi connectivity index (χ4n) is 2.35. The van der Waals surface area contributed by atoms with Gasteiger partial charge in [0.15, 0.2) is 0 Å². The SMILES string of the molecule is Cc1ccc(C(=O)N/N=C\c2ccc(CNS(=O)(=O)c3ccc(Br)cc3)o2)cc1. The number of benzene rings is 2. The third-order valence-electron chi connectivity index (χ3n) is 3.91. The first-order valence-corrected chi connectivity index (χ1v) is 10.9. The Hall–Kier alpha value is -2.75. The van der Waals surface area contributed by atoms with E-state index in [1.54, 1.807) is 36.4 Å². The quantitative estimate of drug-likeness (QED) is 0.402. The molecule has 0 aliphatic carbocycles. The van der Waals surface area contributed by atoms with Crippen molar-refractivity contribution in [3.05, 3.63) is 87.8 Å². The number of halogens is 1. The highest BCUT2D eigenvalue weighted by molar-refractivity contribution is 9.10. The molecule has 0 radical (unpaired) electrons. The zero-order valence-corrected chi connectivity index (χ0v) is 17.8. The van der Waals surface area contributed by atoms with Crippen LogP contribution < -0.4 is 10.1 Å². The molecule has 0 bridgehead atoms. The van der Waals surface area contributed by atoms with E-state index in [0.29, 0.717) is 17.1 Å². The zero-order valence-electron chi connectivity index (χ0n) is 15.4. The van der Waals surface area contributed by atoms with Crippen LogP contribution in [-0.4, -0.2) is 20.5 Å². The van der Waals surface area contributed by atoms with E-state index in [9.17, 15) is 13.2 Å². The van der Waals surface area contributed by atoms with Crippen molar-refractivity contribution >= 4 is 38.1 Å². The zero-order chi connectivity index (χ0) is 20.9. The van der Waals surface area contributed by atoms with Crippen LogP contribution >= 0.6 is 15.9 Å². The molecule has 3 rings (SSSR count). The van der Waals surface area contributed by atoms with Crippen molar-refractivity contribution in [3.63, 3.8) is 0 Å². The van der Waals surface area contributed by atoms with Crippen LogP contribution in [0.4, 0.5) is 0 Å². The molecular formula is C20H18BrN3O4S. The first-order chi connectivity index (χ1) is 13.8. The lowest BCUT2D eigenvalue weighted by molar-refractivity contribution is 0.0955. The molecule has 0 aliphatic heterocycles. The average molecular weight is 476 g/mol. The number of amides is 1. The molecular weight excluding hydrogens is 458 g/mol. The van der Waals surface area contributed by atoms with Crippen molar-refractivity contribution in [1.82, 2.24) is 10.1 Å². The van der Waals surface area contributed by atoms with Crippen LogP contribution in [0.5, 0.6) is 0 Å². The molecule has 0 saturated carbocycles. The van der Waals surface area contributed by atoms with E-state index in [2.05, 4.69) is 31.2 Å². The molecule has 0 saturated heterocycles. The summed E-state index contributed by atoms with van der Waals surface area (Å²) in [6.07, 6.45) is 1.35. The number of furan rings is 1. The molecule has 1 aromatic heterocycles. The molecule has 0 spiro atoms. The third-order valence-corrected chi connectivity index (χ3v) is 5.86. The molecule has 7 nitrogen and oxygen atoms in total. The maximum Gasteiger partial charge on any atom is 0.271 e. The molecule has 150 valence electrons. The van der Waals surface area contributed by atoms with Gasteiger partial charge in [0.1, 0.15) is 11.5 Å². The van der Waals surface area contributed by atoms with E-state index in [-0.39, 0.29) is 17.3 Å². The van der Waals surface area contributed by atoms with Gasteiger partial charge in [-0.15, -0.1) is 0 Å². The summed E-state index contributed by atoms with van der Waals surface area (Å²) in [6, 6.07) is 16.7. The first-order valence-electron chi connectivity index (χ1n) is 8.57. The number of nitrogens with one attached hydrogen (secondary N) is 2. The molecule has 0 fully saturated rings. The van der Waals surface area contributed by atoms with E-state index < -0.39 is 10.0 Å². The minimum atomic E-state index is -3.65. The van der Waals surface area contributed by atoms with Gasteiger partial charge >= 0.3 is 0 Å². The van der Waals surface area contributed by atoms with Crippen molar-refractivity contribution in [1.29, 1.82) is 0 Å². The molecule has 9 heteroatoms. The molecule has 1 amide bonds. The number of hydrogen-bond donors (Lipinski definition) is 2. The lowest BCUT2D eigenvalue weighted by Gasteiger charge is -2.05. The van der Waals surface area contributed by atoms with E-state index in [0.717, 1.165) is 10.0 Å². The number of hydrazone groups is 1. The highest BCUT2D eigenvalue weighted by Crippen LogP contribution is 2.15. The number of carbonyl (C=O) groups is 1. The monoisotopic (exact) mass is 475 g/mol. The third kappa shape index (κ3) is 5.86. The number of carbonyl (C=O) groups excluding carboxylic acids is 1. The smallest absolute Gasteiger partial charge is 0.271 e. The number of aryl methyl sites for hydroxylation is 1. The topological polar surface area (TPSA) is 101 Å². The van der Waals surface area contributed by atoms with Crippen molar-refractivity contribution in [2.24, 2.45) is 5.10 Å². The first kappa shape index (κ1) is 21.0. The fourth-order valence-corrected chi connectivity index (χ4v) is 3.60. The van der Waals surface area contributed by atoms with Gasteiger partial charge in [0.25, 0.3) is 5.91 Å². The van der Waals surface area contributed by atoms with Crippen molar-refractivity contribution in [2.75, 3.05) is 0 Å². The van der Waals surface area contributed by atoms with Crippen LogP contribution in [0.25, 0.3) is 0 Å². The highest BCUT2D eigenvalue weighted by atomic mass is 79.9. The summed E-state index contributed by atoms with van der Waals surface area (Å²) in [5.74, 6) is 0.458. The predicted molar refractivity (Wildman–Crippen MR) is 113 cm³/mol. The number of sulfonamides is 1. The minimum absolute atomic E-state index is 0.0119. The van der Waals surface area contributed by atoms with Gasteiger partial charge in [0, 0.05) is 10.0 Å². The highest BCUT2D eigenvalue weighted by Gasteiger charge is 2.14. The molecule has 2 N–H and O–H groups in total. The molecule has 0 atom stereocenters. The fraction of sp³-hybridized carbons (Fsp3) is 0.100. The second-order valence-corrected chi connectivity index (χ2v) is 8.83. The van der Waals surface area contributed by atoms with Gasteiger partial charge in [-0.2, -0.15) is 5.10 Å². The van der Waals surface area contributed by atoms with Gasteiger partial charge < -0.3 is 4.42 Å².